The molecule has 0 amide bonds. The van der Waals surface area contributed by atoms with Crippen LogP contribution in [0.1, 0.15) is 30.4 Å². The number of rotatable bonds is 2. The third-order valence-electron chi connectivity index (χ3n) is 3.13. The predicted octanol–water partition coefficient (Wildman–Crippen LogP) is 2.58. The van der Waals surface area contributed by atoms with Gasteiger partial charge < -0.3 is 5.11 Å². The molecule has 1 aliphatic rings. The molecule has 0 saturated heterocycles. The van der Waals surface area contributed by atoms with Gasteiger partial charge in [0.1, 0.15) is 5.82 Å². The second kappa shape index (κ2) is 3.65. The molecule has 1 aliphatic carbocycles. The largest absolute Gasteiger partial charge is 0.481 e. The molecule has 2 unspecified atom stereocenters. The van der Waals surface area contributed by atoms with Crippen molar-refractivity contribution in [2.75, 3.05) is 0 Å². The van der Waals surface area contributed by atoms with Crippen LogP contribution in [0.25, 0.3) is 0 Å². The molecule has 0 bridgehead atoms. The Labute approximate surface area is 87.7 Å². The lowest BCUT2D eigenvalue weighted by Gasteiger charge is -2.13. The molecule has 0 aromatic heterocycles. The highest BCUT2D eigenvalue weighted by atomic mass is 19.1. The number of hydrogen-bond donors (Lipinski definition) is 1. The predicted molar refractivity (Wildman–Crippen MR) is 54.3 cm³/mol. The topological polar surface area (TPSA) is 37.3 Å². The molecular weight excluding hydrogens is 195 g/mol. The lowest BCUT2D eigenvalue weighted by Crippen LogP contribution is -2.09. The standard InChI is InChI=1S/C12H13FO2/c1-7-4-8-5-9(13)2-3-10(8)11(7)6-12(14)15/h2-3,5,7,11H,4,6H2,1H3,(H,14,15). The Balaban J connectivity index is 2.33. The van der Waals surface area contributed by atoms with Crippen LogP contribution in [0.3, 0.4) is 0 Å². The van der Waals surface area contributed by atoms with Crippen molar-refractivity contribution in [2.24, 2.45) is 5.92 Å². The van der Waals surface area contributed by atoms with E-state index in [4.69, 9.17) is 5.11 Å². The van der Waals surface area contributed by atoms with Crippen LogP contribution >= 0.6 is 0 Å². The number of carboxylic acids is 1. The molecule has 15 heavy (non-hydrogen) atoms. The lowest BCUT2D eigenvalue weighted by molar-refractivity contribution is -0.137. The maximum Gasteiger partial charge on any atom is 0.303 e. The molecule has 3 heteroatoms. The Morgan fingerprint density at radius 2 is 2.33 bits per heavy atom. The lowest BCUT2D eigenvalue weighted by atomic mass is 9.91. The van der Waals surface area contributed by atoms with Gasteiger partial charge in [0.15, 0.2) is 0 Å². The van der Waals surface area contributed by atoms with Gasteiger partial charge >= 0.3 is 5.97 Å². The zero-order valence-electron chi connectivity index (χ0n) is 8.53. The zero-order chi connectivity index (χ0) is 11.0. The van der Waals surface area contributed by atoms with Gasteiger partial charge in [-0.1, -0.05) is 13.0 Å². The molecular formula is C12H13FO2. The monoisotopic (exact) mass is 208 g/mol. The highest BCUT2D eigenvalue weighted by Crippen LogP contribution is 2.39. The highest BCUT2D eigenvalue weighted by molar-refractivity contribution is 5.68. The van der Waals surface area contributed by atoms with E-state index in [0.29, 0.717) is 0 Å². The van der Waals surface area contributed by atoms with Crippen molar-refractivity contribution in [2.45, 2.75) is 25.7 Å². The molecule has 0 spiro atoms. The van der Waals surface area contributed by atoms with Gasteiger partial charge in [-0.25, -0.2) is 4.39 Å². The van der Waals surface area contributed by atoms with Gasteiger partial charge in [0.25, 0.3) is 0 Å². The maximum atomic E-state index is 13.0. The molecule has 1 N–H and O–H groups in total. The van der Waals surface area contributed by atoms with Crippen molar-refractivity contribution in [1.82, 2.24) is 0 Å². The number of benzene rings is 1. The zero-order valence-corrected chi connectivity index (χ0v) is 8.53. The van der Waals surface area contributed by atoms with Crippen molar-refractivity contribution in [3.63, 3.8) is 0 Å². The van der Waals surface area contributed by atoms with Crippen LogP contribution in [0.15, 0.2) is 18.2 Å². The smallest absolute Gasteiger partial charge is 0.303 e. The summed E-state index contributed by atoms with van der Waals surface area (Å²) < 4.78 is 13.0. The summed E-state index contributed by atoms with van der Waals surface area (Å²) >= 11 is 0. The number of hydrogen-bond acceptors (Lipinski definition) is 1. The summed E-state index contributed by atoms with van der Waals surface area (Å²) in [5.74, 6) is -0.697. The van der Waals surface area contributed by atoms with E-state index in [9.17, 15) is 9.18 Å². The summed E-state index contributed by atoms with van der Waals surface area (Å²) in [6.45, 7) is 2.02. The van der Waals surface area contributed by atoms with Crippen molar-refractivity contribution >= 4 is 5.97 Å². The molecule has 0 aliphatic heterocycles. The van der Waals surface area contributed by atoms with E-state index in [0.717, 1.165) is 17.5 Å². The molecule has 2 nitrogen and oxygen atoms in total. The Morgan fingerprint density at radius 3 is 3.00 bits per heavy atom. The third kappa shape index (κ3) is 1.87. The van der Waals surface area contributed by atoms with Crippen LogP contribution in [0.5, 0.6) is 0 Å². The van der Waals surface area contributed by atoms with Crippen molar-refractivity contribution in [1.29, 1.82) is 0 Å². The second-order valence-corrected chi connectivity index (χ2v) is 4.23. The van der Waals surface area contributed by atoms with E-state index in [1.807, 2.05) is 6.92 Å². The summed E-state index contributed by atoms with van der Waals surface area (Å²) in [7, 11) is 0. The first kappa shape index (κ1) is 10.1. The molecule has 80 valence electrons. The van der Waals surface area contributed by atoms with E-state index in [2.05, 4.69) is 0 Å². The number of halogens is 1. The second-order valence-electron chi connectivity index (χ2n) is 4.23. The fraction of sp³-hybridized carbons (Fsp3) is 0.417. The summed E-state index contributed by atoms with van der Waals surface area (Å²) in [5.41, 5.74) is 1.97. The summed E-state index contributed by atoms with van der Waals surface area (Å²) in [5, 5.41) is 8.80. The summed E-state index contributed by atoms with van der Waals surface area (Å²) in [4.78, 5) is 10.7. The Morgan fingerprint density at radius 1 is 1.60 bits per heavy atom. The number of fused-ring (bicyclic) bond motifs is 1. The van der Waals surface area contributed by atoms with Crippen molar-refractivity contribution < 1.29 is 14.3 Å². The molecule has 1 aromatic carbocycles. The SMILES string of the molecule is CC1Cc2cc(F)ccc2C1CC(=O)O. The Kier molecular flexibility index (Phi) is 2.47. The first-order chi connectivity index (χ1) is 7.08. The fourth-order valence-corrected chi connectivity index (χ4v) is 2.41. The van der Waals surface area contributed by atoms with Gasteiger partial charge in [0.2, 0.25) is 0 Å². The van der Waals surface area contributed by atoms with Gasteiger partial charge in [-0.2, -0.15) is 0 Å². The van der Waals surface area contributed by atoms with E-state index >= 15 is 0 Å². The Bertz CT molecular complexity index is 401. The average molecular weight is 208 g/mol. The van der Waals surface area contributed by atoms with Gasteiger partial charge in [-0.3, -0.25) is 4.79 Å². The minimum atomic E-state index is -0.788. The van der Waals surface area contributed by atoms with E-state index < -0.39 is 5.97 Å². The van der Waals surface area contributed by atoms with Crippen LogP contribution in [0, 0.1) is 11.7 Å². The fourth-order valence-electron chi connectivity index (χ4n) is 2.41. The molecule has 0 heterocycles. The molecule has 0 radical (unpaired) electrons. The molecule has 2 rings (SSSR count). The van der Waals surface area contributed by atoms with Crippen LogP contribution < -0.4 is 0 Å². The summed E-state index contributed by atoms with van der Waals surface area (Å²) in [6.07, 6.45) is 0.921. The minimum Gasteiger partial charge on any atom is -0.481 e. The van der Waals surface area contributed by atoms with Gasteiger partial charge in [0.05, 0.1) is 6.42 Å². The number of carboxylic acid groups (broad SMARTS) is 1. The molecule has 0 saturated carbocycles. The van der Waals surface area contributed by atoms with Crippen molar-refractivity contribution in [3.8, 4) is 0 Å². The van der Waals surface area contributed by atoms with Crippen LogP contribution in [-0.2, 0) is 11.2 Å². The Hall–Kier alpha value is -1.38. The molecule has 2 atom stereocenters. The average Bonchev–Trinajstić information content (AvgIpc) is 2.41. The summed E-state index contributed by atoms with van der Waals surface area (Å²) in [6, 6.07) is 4.65. The van der Waals surface area contributed by atoms with Gasteiger partial charge in [-0.15, -0.1) is 0 Å². The van der Waals surface area contributed by atoms with Crippen molar-refractivity contribution in [3.05, 3.63) is 35.1 Å². The number of carbonyl (C=O) groups is 1. The highest BCUT2D eigenvalue weighted by Gasteiger charge is 2.30. The van der Waals surface area contributed by atoms with E-state index in [1.165, 1.54) is 12.1 Å². The first-order valence-electron chi connectivity index (χ1n) is 5.08. The van der Waals surface area contributed by atoms with Crippen LogP contribution in [-0.4, -0.2) is 11.1 Å². The number of aliphatic carboxylic acids is 1. The van der Waals surface area contributed by atoms with E-state index in [-0.39, 0.29) is 24.1 Å². The maximum absolute atomic E-state index is 13.0. The van der Waals surface area contributed by atoms with Gasteiger partial charge in [0, 0.05) is 0 Å². The van der Waals surface area contributed by atoms with Gasteiger partial charge in [-0.05, 0) is 41.5 Å². The van der Waals surface area contributed by atoms with Crippen LogP contribution in [0.4, 0.5) is 4.39 Å². The quantitative estimate of drug-likeness (QED) is 0.811. The first-order valence-corrected chi connectivity index (χ1v) is 5.08. The van der Waals surface area contributed by atoms with E-state index in [1.54, 1.807) is 6.07 Å². The molecule has 1 aromatic rings. The normalized spacial score (nSPS) is 23.9. The van der Waals surface area contributed by atoms with Crippen LogP contribution in [0.2, 0.25) is 0 Å². The molecule has 0 fully saturated rings. The minimum absolute atomic E-state index is 0.0399. The third-order valence-corrected chi connectivity index (χ3v) is 3.13.